The van der Waals surface area contributed by atoms with Crippen LogP contribution in [0.15, 0.2) is 24.3 Å². The lowest BCUT2D eigenvalue weighted by Crippen LogP contribution is -2.42. The minimum absolute atomic E-state index is 0.201. The van der Waals surface area contributed by atoms with E-state index in [1.165, 1.54) is 12.1 Å². The molecule has 1 aromatic rings. The Morgan fingerprint density at radius 2 is 1.86 bits per heavy atom. The molecular formula is C11H17FN2. The van der Waals surface area contributed by atoms with Gasteiger partial charge in [-0.2, -0.15) is 0 Å². The average Bonchev–Trinajstić information content (AvgIpc) is 2.06. The molecule has 1 rings (SSSR count). The first-order chi connectivity index (χ1) is 6.47. The van der Waals surface area contributed by atoms with E-state index in [1.807, 2.05) is 13.8 Å². The van der Waals surface area contributed by atoms with E-state index < -0.39 is 0 Å². The van der Waals surface area contributed by atoms with Gasteiger partial charge in [-0.15, -0.1) is 0 Å². The number of benzene rings is 1. The zero-order valence-corrected chi connectivity index (χ0v) is 8.68. The van der Waals surface area contributed by atoms with Crippen molar-refractivity contribution in [1.29, 1.82) is 0 Å². The lowest BCUT2D eigenvalue weighted by atomic mass is 10.1. The lowest BCUT2D eigenvalue weighted by Gasteiger charge is -2.18. The second kappa shape index (κ2) is 4.53. The molecule has 14 heavy (non-hydrogen) atoms. The van der Waals surface area contributed by atoms with Crippen LogP contribution >= 0.6 is 0 Å². The maximum absolute atomic E-state index is 12.6. The summed E-state index contributed by atoms with van der Waals surface area (Å²) in [5.41, 5.74) is 6.66. The van der Waals surface area contributed by atoms with Crippen molar-refractivity contribution in [1.82, 2.24) is 5.32 Å². The smallest absolute Gasteiger partial charge is 0.123 e. The quantitative estimate of drug-likeness (QED) is 0.768. The van der Waals surface area contributed by atoms with Gasteiger partial charge < -0.3 is 11.1 Å². The fraction of sp³-hybridized carbons (Fsp3) is 0.455. The van der Waals surface area contributed by atoms with Crippen LogP contribution in [0.5, 0.6) is 0 Å². The van der Waals surface area contributed by atoms with Crippen LogP contribution in [0.4, 0.5) is 4.39 Å². The molecule has 0 atom stereocenters. The van der Waals surface area contributed by atoms with E-state index in [0.29, 0.717) is 0 Å². The number of hydrogen-bond donors (Lipinski definition) is 2. The first-order valence-corrected chi connectivity index (χ1v) is 4.71. The molecular weight excluding hydrogens is 179 g/mol. The topological polar surface area (TPSA) is 38.0 Å². The van der Waals surface area contributed by atoms with E-state index in [4.69, 9.17) is 5.73 Å². The van der Waals surface area contributed by atoms with Gasteiger partial charge >= 0.3 is 0 Å². The fourth-order valence-corrected chi connectivity index (χ4v) is 1.13. The van der Waals surface area contributed by atoms with Crippen LogP contribution in [-0.4, -0.2) is 12.1 Å². The van der Waals surface area contributed by atoms with Crippen molar-refractivity contribution in [2.24, 2.45) is 5.73 Å². The highest BCUT2D eigenvalue weighted by atomic mass is 19.1. The summed E-state index contributed by atoms with van der Waals surface area (Å²) in [6.45, 7) is 5.39. The molecule has 0 amide bonds. The molecule has 1 aromatic carbocycles. The molecule has 0 aliphatic carbocycles. The van der Waals surface area contributed by atoms with Crippen molar-refractivity contribution in [2.45, 2.75) is 25.9 Å². The highest BCUT2D eigenvalue weighted by molar-refractivity contribution is 5.15. The van der Waals surface area contributed by atoms with Gasteiger partial charge in [-0.1, -0.05) is 12.1 Å². The summed E-state index contributed by atoms with van der Waals surface area (Å²) in [7, 11) is 0. The van der Waals surface area contributed by atoms with Gasteiger partial charge in [0.15, 0.2) is 0 Å². The van der Waals surface area contributed by atoms with Gasteiger partial charge in [-0.3, -0.25) is 0 Å². The van der Waals surface area contributed by atoms with E-state index in [2.05, 4.69) is 5.32 Å². The van der Waals surface area contributed by atoms with Crippen molar-refractivity contribution < 1.29 is 4.39 Å². The number of halogens is 1. The van der Waals surface area contributed by atoms with Gasteiger partial charge in [0.25, 0.3) is 0 Å². The Morgan fingerprint density at radius 1 is 1.29 bits per heavy atom. The predicted octanol–water partition coefficient (Wildman–Crippen LogP) is 1.65. The first-order valence-electron chi connectivity index (χ1n) is 4.71. The molecule has 0 bridgehead atoms. The van der Waals surface area contributed by atoms with E-state index in [1.54, 1.807) is 12.1 Å². The van der Waals surface area contributed by atoms with Crippen LogP contribution in [0.1, 0.15) is 19.4 Å². The average molecular weight is 196 g/mol. The third-order valence-corrected chi connectivity index (χ3v) is 1.82. The second-order valence-corrected chi connectivity index (χ2v) is 4.22. The van der Waals surface area contributed by atoms with Gasteiger partial charge in [0.05, 0.1) is 0 Å². The largest absolute Gasteiger partial charge is 0.324 e. The molecule has 3 heteroatoms. The van der Waals surface area contributed by atoms with Gasteiger partial charge in [0.1, 0.15) is 5.82 Å². The van der Waals surface area contributed by atoms with Gasteiger partial charge in [-0.05, 0) is 31.5 Å². The molecule has 0 heterocycles. The molecule has 0 aromatic heterocycles. The molecule has 0 saturated heterocycles. The van der Waals surface area contributed by atoms with Crippen LogP contribution in [0.2, 0.25) is 0 Å². The number of hydrogen-bond acceptors (Lipinski definition) is 2. The number of nitrogens with one attached hydrogen (secondary N) is 1. The minimum atomic E-state index is -0.208. The van der Waals surface area contributed by atoms with Crippen LogP contribution in [0.3, 0.4) is 0 Å². The highest BCUT2D eigenvalue weighted by Crippen LogP contribution is 2.02. The Kier molecular flexibility index (Phi) is 3.61. The molecule has 3 N–H and O–H groups in total. The molecule has 78 valence electrons. The molecule has 0 aliphatic heterocycles. The van der Waals surface area contributed by atoms with Gasteiger partial charge in [0, 0.05) is 18.6 Å². The third kappa shape index (κ3) is 4.35. The van der Waals surface area contributed by atoms with E-state index >= 15 is 0 Å². The summed E-state index contributed by atoms with van der Waals surface area (Å²) in [6, 6.07) is 6.47. The monoisotopic (exact) mass is 196 g/mol. The molecule has 0 fully saturated rings. The van der Waals surface area contributed by atoms with E-state index in [9.17, 15) is 4.39 Å². The zero-order valence-electron chi connectivity index (χ0n) is 8.68. The van der Waals surface area contributed by atoms with E-state index in [0.717, 1.165) is 18.7 Å². The normalized spacial score (nSPS) is 11.7. The van der Waals surface area contributed by atoms with Crippen molar-refractivity contribution >= 4 is 0 Å². The van der Waals surface area contributed by atoms with Crippen LogP contribution in [0.25, 0.3) is 0 Å². The molecule has 0 radical (unpaired) electrons. The first kappa shape index (κ1) is 11.1. The Bertz CT molecular complexity index is 274. The summed E-state index contributed by atoms with van der Waals surface area (Å²) in [5.74, 6) is -0.201. The van der Waals surface area contributed by atoms with Crippen molar-refractivity contribution in [3.63, 3.8) is 0 Å². The SMILES string of the molecule is CC(C)(N)CNCc1ccc(F)cc1. The third-order valence-electron chi connectivity index (χ3n) is 1.82. The molecule has 2 nitrogen and oxygen atoms in total. The molecule has 0 spiro atoms. The maximum Gasteiger partial charge on any atom is 0.123 e. The Hall–Kier alpha value is -0.930. The Balaban J connectivity index is 2.35. The summed E-state index contributed by atoms with van der Waals surface area (Å²) in [5, 5.41) is 3.21. The summed E-state index contributed by atoms with van der Waals surface area (Å²) in [4.78, 5) is 0. The molecule has 0 aliphatic rings. The van der Waals surface area contributed by atoms with Crippen LogP contribution in [-0.2, 0) is 6.54 Å². The standard InChI is InChI=1S/C11H17FN2/c1-11(2,13)8-14-7-9-3-5-10(12)6-4-9/h3-6,14H,7-8,13H2,1-2H3. The van der Waals surface area contributed by atoms with Gasteiger partial charge in [0.2, 0.25) is 0 Å². The predicted molar refractivity (Wildman–Crippen MR) is 56.4 cm³/mol. The van der Waals surface area contributed by atoms with Gasteiger partial charge in [-0.25, -0.2) is 4.39 Å². The van der Waals surface area contributed by atoms with Crippen molar-refractivity contribution in [2.75, 3.05) is 6.54 Å². The number of nitrogens with two attached hydrogens (primary N) is 1. The number of rotatable bonds is 4. The second-order valence-electron chi connectivity index (χ2n) is 4.22. The summed E-state index contributed by atoms with van der Waals surface area (Å²) in [6.07, 6.45) is 0. The highest BCUT2D eigenvalue weighted by Gasteiger charge is 2.08. The van der Waals surface area contributed by atoms with Crippen LogP contribution in [0, 0.1) is 5.82 Å². The fourth-order valence-electron chi connectivity index (χ4n) is 1.13. The van der Waals surface area contributed by atoms with Crippen molar-refractivity contribution in [3.05, 3.63) is 35.6 Å². The summed E-state index contributed by atoms with van der Waals surface area (Å²) >= 11 is 0. The lowest BCUT2D eigenvalue weighted by molar-refractivity contribution is 0.466. The Morgan fingerprint density at radius 3 is 2.36 bits per heavy atom. The molecule has 0 saturated carbocycles. The Labute approximate surface area is 84.3 Å². The zero-order chi connectivity index (χ0) is 10.6. The van der Waals surface area contributed by atoms with E-state index in [-0.39, 0.29) is 11.4 Å². The minimum Gasteiger partial charge on any atom is -0.324 e. The van der Waals surface area contributed by atoms with Crippen LogP contribution < -0.4 is 11.1 Å². The van der Waals surface area contributed by atoms with Crippen molar-refractivity contribution in [3.8, 4) is 0 Å². The maximum atomic E-state index is 12.6. The molecule has 0 unspecified atom stereocenters. The summed E-state index contributed by atoms with van der Waals surface area (Å²) < 4.78 is 12.6.